The van der Waals surface area contributed by atoms with Crippen molar-refractivity contribution in [2.24, 2.45) is 0 Å². The van der Waals surface area contributed by atoms with Crippen LogP contribution in [0.4, 0.5) is 0 Å². The van der Waals surface area contributed by atoms with Gasteiger partial charge >= 0.3 is 0 Å². The maximum absolute atomic E-state index is 12.5. The second-order valence-electron chi connectivity index (χ2n) is 6.03. The third kappa shape index (κ3) is 3.57. The Kier molecular flexibility index (Phi) is 4.70. The molecule has 1 saturated heterocycles. The van der Waals surface area contributed by atoms with Crippen molar-refractivity contribution in [3.05, 3.63) is 29.3 Å². The average Bonchev–Trinajstić information content (AvgIpc) is 3.05. The summed E-state index contributed by atoms with van der Waals surface area (Å²) in [4.78, 5) is 13.9. The molecule has 0 bridgehead atoms. The quantitative estimate of drug-likeness (QED) is 0.890. The zero-order valence-electron chi connectivity index (χ0n) is 13.2. The SMILES string of the molecule is CCC(=O)N1CCc2cc(S(=O)(=O)N[C@@H]3CCOC3)ccc2C1. The van der Waals surface area contributed by atoms with E-state index in [1.165, 1.54) is 0 Å². The molecule has 2 aliphatic heterocycles. The smallest absolute Gasteiger partial charge is 0.240 e. The van der Waals surface area contributed by atoms with Gasteiger partial charge in [0.25, 0.3) is 0 Å². The van der Waals surface area contributed by atoms with Crippen LogP contribution in [0.1, 0.15) is 30.9 Å². The molecule has 0 saturated carbocycles. The Hall–Kier alpha value is -1.44. The number of fused-ring (bicyclic) bond motifs is 1. The number of rotatable bonds is 4. The standard InChI is InChI=1S/C16H22N2O4S/c1-2-16(19)18-7-5-12-9-15(4-3-13(12)10-18)23(20,21)17-14-6-8-22-11-14/h3-4,9,14,17H,2,5-8,10-11H2,1H3/t14-/m1/s1. The van der Waals surface area contributed by atoms with Crippen molar-refractivity contribution in [3.63, 3.8) is 0 Å². The summed E-state index contributed by atoms with van der Waals surface area (Å²) in [6.07, 6.45) is 1.89. The van der Waals surface area contributed by atoms with Gasteiger partial charge in [-0.3, -0.25) is 4.79 Å². The maximum Gasteiger partial charge on any atom is 0.240 e. The Labute approximate surface area is 136 Å². The van der Waals surface area contributed by atoms with Crippen LogP contribution in [0.3, 0.4) is 0 Å². The van der Waals surface area contributed by atoms with E-state index in [9.17, 15) is 13.2 Å². The first-order chi connectivity index (χ1) is 11.0. The summed E-state index contributed by atoms with van der Waals surface area (Å²) in [7, 11) is -3.52. The van der Waals surface area contributed by atoms with Crippen LogP contribution in [0, 0.1) is 0 Å². The Balaban J connectivity index is 1.77. The first-order valence-corrected chi connectivity index (χ1v) is 9.47. The third-order valence-corrected chi connectivity index (χ3v) is 5.93. The fourth-order valence-electron chi connectivity index (χ4n) is 3.05. The van der Waals surface area contributed by atoms with E-state index in [1.807, 2.05) is 17.9 Å². The van der Waals surface area contributed by atoms with Crippen LogP contribution in [0.15, 0.2) is 23.1 Å². The van der Waals surface area contributed by atoms with Crippen LogP contribution in [0.25, 0.3) is 0 Å². The zero-order chi connectivity index (χ0) is 16.4. The Morgan fingerprint density at radius 1 is 1.39 bits per heavy atom. The van der Waals surface area contributed by atoms with Crippen LogP contribution in [0.2, 0.25) is 0 Å². The van der Waals surface area contributed by atoms with Gasteiger partial charge in [-0.25, -0.2) is 13.1 Å². The van der Waals surface area contributed by atoms with Gasteiger partial charge in [-0.05, 0) is 36.1 Å². The number of amides is 1. The topological polar surface area (TPSA) is 75.7 Å². The summed E-state index contributed by atoms with van der Waals surface area (Å²) in [5, 5.41) is 0. The Morgan fingerprint density at radius 2 is 2.22 bits per heavy atom. The molecule has 0 aliphatic carbocycles. The average molecular weight is 338 g/mol. The molecule has 1 fully saturated rings. The van der Waals surface area contributed by atoms with Gasteiger partial charge in [0.1, 0.15) is 0 Å². The van der Waals surface area contributed by atoms with Crippen LogP contribution >= 0.6 is 0 Å². The molecule has 7 heteroatoms. The number of hydrogen-bond donors (Lipinski definition) is 1. The lowest BCUT2D eigenvalue weighted by atomic mass is 10.00. The predicted octanol–water partition coefficient (Wildman–Crippen LogP) is 1.05. The van der Waals surface area contributed by atoms with Crippen LogP contribution in [0.5, 0.6) is 0 Å². The predicted molar refractivity (Wildman–Crippen MR) is 85.4 cm³/mol. The van der Waals surface area contributed by atoms with Crippen molar-refractivity contribution in [1.82, 2.24) is 9.62 Å². The molecule has 126 valence electrons. The molecule has 3 rings (SSSR count). The van der Waals surface area contributed by atoms with Crippen molar-refractivity contribution < 1.29 is 17.9 Å². The first-order valence-electron chi connectivity index (χ1n) is 7.99. The highest BCUT2D eigenvalue weighted by Crippen LogP contribution is 2.23. The number of benzene rings is 1. The van der Waals surface area contributed by atoms with Crippen LogP contribution in [-0.2, 0) is 32.5 Å². The number of nitrogens with one attached hydrogen (secondary N) is 1. The molecule has 1 N–H and O–H groups in total. The van der Waals surface area contributed by atoms with E-state index in [1.54, 1.807) is 12.1 Å². The van der Waals surface area contributed by atoms with E-state index in [0.717, 1.165) is 11.1 Å². The summed E-state index contributed by atoms with van der Waals surface area (Å²) in [5.41, 5.74) is 2.04. The highest BCUT2D eigenvalue weighted by Gasteiger charge is 2.25. The maximum atomic E-state index is 12.5. The minimum Gasteiger partial charge on any atom is -0.380 e. The zero-order valence-corrected chi connectivity index (χ0v) is 14.1. The highest BCUT2D eigenvalue weighted by molar-refractivity contribution is 7.89. The minimum atomic E-state index is -3.52. The molecular formula is C16H22N2O4S. The fourth-order valence-corrected chi connectivity index (χ4v) is 4.35. The van der Waals surface area contributed by atoms with Gasteiger partial charge in [0.2, 0.25) is 15.9 Å². The molecule has 1 aromatic carbocycles. The lowest BCUT2D eigenvalue weighted by Crippen LogP contribution is -2.36. The monoisotopic (exact) mass is 338 g/mol. The molecule has 0 unspecified atom stereocenters. The van der Waals surface area contributed by atoms with Gasteiger partial charge in [0.15, 0.2) is 0 Å². The number of nitrogens with zero attached hydrogens (tertiary/aromatic N) is 1. The summed E-state index contributed by atoms with van der Waals surface area (Å²) in [5.74, 6) is 0.134. The second-order valence-corrected chi connectivity index (χ2v) is 7.75. The van der Waals surface area contributed by atoms with Crippen LogP contribution < -0.4 is 4.72 Å². The number of sulfonamides is 1. The van der Waals surface area contributed by atoms with Crippen molar-refractivity contribution in [2.75, 3.05) is 19.8 Å². The number of carbonyl (C=O) groups is 1. The minimum absolute atomic E-state index is 0.134. The number of ether oxygens (including phenoxy) is 1. The van der Waals surface area contributed by atoms with E-state index >= 15 is 0 Å². The molecule has 6 nitrogen and oxygen atoms in total. The summed E-state index contributed by atoms with van der Waals surface area (Å²) in [6, 6.07) is 5.04. The molecule has 0 aromatic heterocycles. The summed E-state index contributed by atoms with van der Waals surface area (Å²) >= 11 is 0. The van der Waals surface area contributed by atoms with Gasteiger partial charge in [-0.2, -0.15) is 0 Å². The molecule has 1 aromatic rings. The molecule has 1 atom stereocenters. The molecule has 23 heavy (non-hydrogen) atoms. The van der Waals surface area contributed by atoms with Crippen molar-refractivity contribution in [2.45, 2.75) is 43.7 Å². The fraction of sp³-hybridized carbons (Fsp3) is 0.562. The van der Waals surface area contributed by atoms with Crippen molar-refractivity contribution >= 4 is 15.9 Å². The molecule has 2 heterocycles. The number of carbonyl (C=O) groups excluding carboxylic acids is 1. The van der Waals surface area contributed by atoms with Gasteiger partial charge in [-0.15, -0.1) is 0 Å². The van der Waals surface area contributed by atoms with Gasteiger partial charge in [0, 0.05) is 32.2 Å². The molecule has 0 radical (unpaired) electrons. The van der Waals surface area contributed by atoms with E-state index in [4.69, 9.17) is 4.74 Å². The summed E-state index contributed by atoms with van der Waals surface area (Å²) in [6.45, 7) is 4.09. The molecular weight excluding hydrogens is 316 g/mol. The summed E-state index contributed by atoms with van der Waals surface area (Å²) < 4.78 is 32.8. The van der Waals surface area contributed by atoms with Crippen molar-refractivity contribution in [3.8, 4) is 0 Å². The Morgan fingerprint density at radius 3 is 2.91 bits per heavy atom. The van der Waals surface area contributed by atoms with E-state index < -0.39 is 10.0 Å². The second kappa shape index (κ2) is 6.59. The molecule has 1 amide bonds. The van der Waals surface area contributed by atoms with E-state index in [2.05, 4.69) is 4.72 Å². The normalized spacial score (nSPS) is 21.3. The van der Waals surface area contributed by atoms with Crippen molar-refractivity contribution in [1.29, 1.82) is 0 Å². The first kappa shape index (κ1) is 16.4. The molecule has 0 spiro atoms. The van der Waals surface area contributed by atoms with Gasteiger partial charge in [-0.1, -0.05) is 13.0 Å². The lowest BCUT2D eigenvalue weighted by Gasteiger charge is -2.29. The Bertz CT molecular complexity index is 696. The van der Waals surface area contributed by atoms with Crippen LogP contribution in [-0.4, -0.2) is 45.0 Å². The van der Waals surface area contributed by atoms with Gasteiger partial charge < -0.3 is 9.64 Å². The van der Waals surface area contributed by atoms with E-state index in [-0.39, 0.29) is 11.9 Å². The number of hydrogen-bond acceptors (Lipinski definition) is 4. The third-order valence-electron chi connectivity index (χ3n) is 4.41. The largest absolute Gasteiger partial charge is 0.380 e. The molecule has 2 aliphatic rings. The van der Waals surface area contributed by atoms with E-state index in [0.29, 0.717) is 50.5 Å². The van der Waals surface area contributed by atoms with Gasteiger partial charge in [0.05, 0.1) is 11.5 Å². The highest BCUT2D eigenvalue weighted by atomic mass is 32.2. The lowest BCUT2D eigenvalue weighted by molar-refractivity contribution is -0.131.